The van der Waals surface area contributed by atoms with E-state index in [9.17, 15) is 9.59 Å². The molecule has 0 unspecified atom stereocenters. The Balaban J connectivity index is 1.94. The second-order valence-corrected chi connectivity index (χ2v) is 5.67. The van der Waals surface area contributed by atoms with Crippen molar-refractivity contribution in [2.75, 3.05) is 6.61 Å². The number of rotatable bonds is 5. The van der Waals surface area contributed by atoms with Gasteiger partial charge in [0, 0.05) is 0 Å². The molecule has 5 nitrogen and oxygen atoms in total. The number of carbonyl (C=O) groups excluding carboxylic acids is 1. The maximum Gasteiger partial charge on any atom is 0.306 e. The molecule has 0 aliphatic carbocycles. The summed E-state index contributed by atoms with van der Waals surface area (Å²) in [7, 11) is 0. The van der Waals surface area contributed by atoms with Gasteiger partial charge in [0.15, 0.2) is 0 Å². The van der Waals surface area contributed by atoms with Crippen LogP contribution in [-0.4, -0.2) is 29.3 Å². The zero-order valence-corrected chi connectivity index (χ0v) is 12.3. The predicted octanol–water partition coefficient (Wildman–Crippen LogP) is 2.49. The van der Waals surface area contributed by atoms with Crippen molar-refractivity contribution < 1.29 is 24.2 Å². The van der Waals surface area contributed by atoms with E-state index in [1.165, 1.54) is 5.56 Å². The summed E-state index contributed by atoms with van der Waals surface area (Å²) >= 11 is 0. The monoisotopic (exact) mass is 292 g/mol. The van der Waals surface area contributed by atoms with Gasteiger partial charge >= 0.3 is 11.9 Å². The first kappa shape index (κ1) is 15.4. The van der Waals surface area contributed by atoms with Gasteiger partial charge in [-0.2, -0.15) is 0 Å². The summed E-state index contributed by atoms with van der Waals surface area (Å²) in [6.07, 6.45) is 1.31. The van der Waals surface area contributed by atoms with Gasteiger partial charge in [-0.15, -0.1) is 0 Å². The van der Waals surface area contributed by atoms with E-state index >= 15 is 0 Å². The van der Waals surface area contributed by atoms with E-state index in [1.807, 2.05) is 32.0 Å². The SMILES string of the molecule is Cc1cccc2c1O[C@](C)(COC(=O)CCC(=O)O)CC2. The van der Waals surface area contributed by atoms with E-state index in [1.54, 1.807) is 0 Å². The zero-order valence-electron chi connectivity index (χ0n) is 12.3. The summed E-state index contributed by atoms with van der Waals surface area (Å²) in [6, 6.07) is 6.04. The molecule has 1 atom stereocenters. The van der Waals surface area contributed by atoms with Crippen LogP contribution < -0.4 is 4.74 Å². The standard InChI is InChI=1S/C16H20O5/c1-11-4-3-5-12-8-9-16(2,21-15(11)12)10-20-14(19)7-6-13(17)18/h3-5H,6-10H2,1-2H3,(H,17,18)/t16-/m0/s1. The highest BCUT2D eigenvalue weighted by Crippen LogP contribution is 2.35. The van der Waals surface area contributed by atoms with E-state index in [0.29, 0.717) is 0 Å². The molecule has 0 bridgehead atoms. The van der Waals surface area contributed by atoms with Crippen LogP contribution in [0.5, 0.6) is 5.75 Å². The van der Waals surface area contributed by atoms with Crippen molar-refractivity contribution in [3.63, 3.8) is 0 Å². The smallest absolute Gasteiger partial charge is 0.306 e. The van der Waals surface area contributed by atoms with Crippen molar-refractivity contribution in [3.05, 3.63) is 29.3 Å². The van der Waals surface area contributed by atoms with Gasteiger partial charge in [-0.25, -0.2) is 0 Å². The molecule has 2 rings (SSSR count). The highest BCUT2D eigenvalue weighted by atomic mass is 16.6. The molecule has 5 heteroatoms. The maximum absolute atomic E-state index is 11.5. The van der Waals surface area contributed by atoms with Crippen molar-refractivity contribution in [1.82, 2.24) is 0 Å². The Morgan fingerprint density at radius 1 is 1.38 bits per heavy atom. The molecule has 1 heterocycles. The average molecular weight is 292 g/mol. The summed E-state index contributed by atoms with van der Waals surface area (Å²) < 4.78 is 11.2. The first-order valence-electron chi connectivity index (χ1n) is 7.04. The first-order valence-corrected chi connectivity index (χ1v) is 7.04. The molecule has 0 aromatic heterocycles. The van der Waals surface area contributed by atoms with Gasteiger partial charge in [-0.05, 0) is 37.8 Å². The van der Waals surface area contributed by atoms with Crippen LogP contribution >= 0.6 is 0 Å². The number of aryl methyl sites for hydroxylation is 2. The Morgan fingerprint density at radius 3 is 2.86 bits per heavy atom. The molecular weight excluding hydrogens is 272 g/mol. The lowest BCUT2D eigenvalue weighted by Gasteiger charge is -2.36. The van der Waals surface area contributed by atoms with Gasteiger partial charge in [0.05, 0.1) is 12.8 Å². The number of carbonyl (C=O) groups is 2. The largest absolute Gasteiger partial charge is 0.483 e. The summed E-state index contributed by atoms with van der Waals surface area (Å²) in [6.45, 7) is 4.04. The lowest BCUT2D eigenvalue weighted by molar-refractivity contribution is -0.152. The predicted molar refractivity (Wildman–Crippen MR) is 76.4 cm³/mol. The third-order valence-corrected chi connectivity index (χ3v) is 3.65. The molecule has 0 spiro atoms. The number of aliphatic carboxylic acids is 1. The minimum absolute atomic E-state index is 0.110. The van der Waals surface area contributed by atoms with Crippen LogP contribution in [-0.2, 0) is 20.7 Å². The van der Waals surface area contributed by atoms with Crippen molar-refractivity contribution in [2.24, 2.45) is 0 Å². The van der Waals surface area contributed by atoms with E-state index in [4.69, 9.17) is 14.6 Å². The average Bonchev–Trinajstić information content (AvgIpc) is 2.44. The molecule has 1 aromatic carbocycles. The Morgan fingerprint density at radius 2 is 2.14 bits per heavy atom. The fourth-order valence-corrected chi connectivity index (χ4v) is 2.37. The van der Waals surface area contributed by atoms with Gasteiger partial charge in [0.2, 0.25) is 0 Å². The van der Waals surface area contributed by atoms with Crippen molar-refractivity contribution in [3.8, 4) is 5.75 Å². The van der Waals surface area contributed by atoms with Crippen LogP contribution in [0.4, 0.5) is 0 Å². The van der Waals surface area contributed by atoms with Crippen molar-refractivity contribution in [1.29, 1.82) is 0 Å². The Bertz CT molecular complexity index is 552. The topological polar surface area (TPSA) is 72.8 Å². The lowest BCUT2D eigenvalue weighted by Crippen LogP contribution is -2.42. The van der Waals surface area contributed by atoms with Crippen molar-refractivity contribution in [2.45, 2.75) is 45.1 Å². The second kappa shape index (κ2) is 6.16. The number of para-hydroxylation sites is 1. The van der Waals surface area contributed by atoms with E-state index in [0.717, 1.165) is 24.2 Å². The molecule has 1 aliphatic heterocycles. The number of carboxylic acids is 1. The Hall–Kier alpha value is -2.04. The summed E-state index contributed by atoms with van der Waals surface area (Å²) in [5.74, 6) is -0.637. The molecule has 1 aromatic rings. The zero-order chi connectivity index (χ0) is 15.5. The minimum atomic E-state index is -1.00. The number of hydrogen-bond donors (Lipinski definition) is 1. The molecule has 0 radical (unpaired) electrons. The highest BCUT2D eigenvalue weighted by Gasteiger charge is 2.33. The van der Waals surface area contributed by atoms with E-state index in [-0.39, 0.29) is 19.4 Å². The van der Waals surface area contributed by atoms with Crippen LogP contribution in [0.3, 0.4) is 0 Å². The number of carboxylic acid groups (broad SMARTS) is 1. The molecule has 0 saturated carbocycles. The third-order valence-electron chi connectivity index (χ3n) is 3.65. The third kappa shape index (κ3) is 3.97. The van der Waals surface area contributed by atoms with Gasteiger partial charge in [-0.1, -0.05) is 18.2 Å². The number of fused-ring (bicyclic) bond motifs is 1. The molecule has 1 aliphatic rings. The number of esters is 1. The number of hydrogen-bond acceptors (Lipinski definition) is 4. The molecule has 0 fully saturated rings. The normalized spacial score (nSPS) is 20.3. The molecule has 0 saturated heterocycles. The highest BCUT2D eigenvalue weighted by molar-refractivity contribution is 5.76. The quantitative estimate of drug-likeness (QED) is 0.844. The summed E-state index contributed by atoms with van der Waals surface area (Å²) in [5, 5.41) is 8.54. The van der Waals surface area contributed by atoms with Gasteiger partial charge < -0.3 is 14.6 Å². The van der Waals surface area contributed by atoms with Crippen LogP contribution in [0.15, 0.2) is 18.2 Å². The lowest BCUT2D eigenvalue weighted by atomic mass is 9.92. The van der Waals surface area contributed by atoms with Gasteiger partial charge in [0.1, 0.15) is 18.0 Å². The van der Waals surface area contributed by atoms with Gasteiger partial charge in [-0.3, -0.25) is 9.59 Å². The van der Waals surface area contributed by atoms with E-state index in [2.05, 4.69) is 0 Å². The minimum Gasteiger partial charge on any atom is -0.483 e. The molecular formula is C16H20O5. The number of benzene rings is 1. The van der Waals surface area contributed by atoms with Crippen LogP contribution in [0.2, 0.25) is 0 Å². The summed E-state index contributed by atoms with van der Waals surface area (Å²) in [4.78, 5) is 21.9. The Kier molecular flexibility index (Phi) is 4.50. The summed E-state index contributed by atoms with van der Waals surface area (Å²) in [5.41, 5.74) is 1.68. The first-order chi connectivity index (χ1) is 9.89. The fraction of sp³-hybridized carbons (Fsp3) is 0.500. The molecule has 21 heavy (non-hydrogen) atoms. The molecule has 114 valence electrons. The van der Waals surface area contributed by atoms with E-state index < -0.39 is 17.5 Å². The van der Waals surface area contributed by atoms with Crippen LogP contribution in [0.25, 0.3) is 0 Å². The van der Waals surface area contributed by atoms with Crippen molar-refractivity contribution >= 4 is 11.9 Å². The molecule has 1 N–H and O–H groups in total. The Labute approximate surface area is 123 Å². The van der Waals surface area contributed by atoms with Crippen LogP contribution in [0, 0.1) is 6.92 Å². The second-order valence-electron chi connectivity index (χ2n) is 5.67. The van der Waals surface area contributed by atoms with Crippen LogP contribution in [0.1, 0.15) is 37.3 Å². The van der Waals surface area contributed by atoms with Gasteiger partial charge in [0.25, 0.3) is 0 Å². The fourth-order valence-electron chi connectivity index (χ4n) is 2.37. The molecule has 0 amide bonds. The maximum atomic E-state index is 11.5. The number of ether oxygens (including phenoxy) is 2.